The lowest BCUT2D eigenvalue weighted by atomic mass is 10.2. The number of methoxy groups -OCH3 is 1. The fourth-order valence-corrected chi connectivity index (χ4v) is 1.61. The van der Waals surface area contributed by atoms with Gasteiger partial charge in [-0.25, -0.2) is 4.79 Å². The Balaban J connectivity index is 3.11. The monoisotopic (exact) mass is 271 g/mol. The Morgan fingerprint density at radius 2 is 2.07 bits per heavy atom. The van der Waals surface area contributed by atoms with Crippen LogP contribution in [0, 0.1) is 0 Å². The standard InChI is InChI=1S/C10H10BrNO3/c1-6(13)12-8-5-3-4-7(9(8)11)10(14)15-2/h3-5H,1-2H3,(H,12,13). The van der Waals surface area contributed by atoms with Crippen molar-refractivity contribution in [3.05, 3.63) is 28.2 Å². The van der Waals surface area contributed by atoms with Gasteiger partial charge in [-0.1, -0.05) is 6.07 Å². The highest BCUT2D eigenvalue weighted by molar-refractivity contribution is 9.10. The SMILES string of the molecule is COC(=O)c1cccc(NC(C)=O)c1Br. The Morgan fingerprint density at radius 1 is 1.40 bits per heavy atom. The van der Waals surface area contributed by atoms with Gasteiger partial charge in [0.05, 0.1) is 22.8 Å². The van der Waals surface area contributed by atoms with Gasteiger partial charge in [-0.05, 0) is 28.1 Å². The molecule has 0 spiro atoms. The molecule has 0 aromatic heterocycles. The lowest BCUT2D eigenvalue weighted by molar-refractivity contribution is -0.114. The van der Waals surface area contributed by atoms with Gasteiger partial charge in [-0.3, -0.25) is 4.79 Å². The minimum absolute atomic E-state index is 0.197. The minimum Gasteiger partial charge on any atom is -0.465 e. The molecule has 1 aromatic carbocycles. The summed E-state index contributed by atoms with van der Waals surface area (Å²) in [5, 5.41) is 2.60. The summed E-state index contributed by atoms with van der Waals surface area (Å²) in [5.41, 5.74) is 0.925. The van der Waals surface area contributed by atoms with Crippen molar-refractivity contribution in [1.82, 2.24) is 0 Å². The Bertz CT molecular complexity index is 404. The second kappa shape index (κ2) is 4.93. The molecule has 1 N–H and O–H groups in total. The lowest BCUT2D eigenvalue weighted by Gasteiger charge is -2.08. The molecule has 0 unspecified atom stereocenters. The second-order valence-corrected chi connectivity index (χ2v) is 3.63. The largest absolute Gasteiger partial charge is 0.465 e. The highest BCUT2D eigenvalue weighted by Crippen LogP contribution is 2.26. The maximum Gasteiger partial charge on any atom is 0.339 e. The molecule has 0 aliphatic carbocycles. The van der Waals surface area contributed by atoms with Crippen LogP contribution in [-0.4, -0.2) is 19.0 Å². The van der Waals surface area contributed by atoms with Crippen LogP contribution in [0.25, 0.3) is 0 Å². The van der Waals surface area contributed by atoms with E-state index in [0.717, 1.165) is 0 Å². The first kappa shape index (κ1) is 11.7. The van der Waals surface area contributed by atoms with Crippen LogP contribution in [0.1, 0.15) is 17.3 Å². The fraction of sp³-hybridized carbons (Fsp3) is 0.200. The number of hydrogen-bond acceptors (Lipinski definition) is 3. The summed E-state index contributed by atoms with van der Waals surface area (Å²) in [6.45, 7) is 1.40. The van der Waals surface area contributed by atoms with Crippen LogP contribution >= 0.6 is 15.9 Å². The number of nitrogens with one attached hydrogen (secondary N) is 1. The third-order valence-corrected chi connectivity index (χ3v) is 2.57. The van der Waals surface area contributed by atoms with Crippen molar-refractivity contribution in [1.29, 1.82) is 0 Å². The number of amides is 1. The number of carbonyl (C=O) groups is 2. The van der Waals surface area contributed by atoms with E-state index in [1.807, 2.05) is 0 Å². The summed E-state index contributed by atoms with van der Waals surface area (Å²) < 4.78 is 5.12. The molecule has 80 valence electrons. The van der Waals surface area contributed by atoms with Gasteiger partial charge in [0.2, 0.25) is 5.91 Å². The first-order valence-corrected chi connectivity index (χ1v) is 5.00. The molecule has 0 radical (unpaired) electrons. The Hall–Kier alpha value is -1.36. The van der Waals surface area contributed by atoms with Crippen molar-refractivity contribution in [2.45, 2.75) is 6.92 Å². The molecule has 0 aliphatic rings. The number of halogens is 1. The summed E-state index contributed by atoms with van der Waals surface area (Å²) in [6, 6.07) is 4.97. The quantitative estimate of drug-likeness (QED) is 0.839. The summed E-state index contributed by atoms with van der Waals surface area (Å²) in [4.78, 5) is 22.2. The average molecular weight is 272 g/mol. The molecule has 4 nitrogen and oxygen atoms in total. The van der Waals surface area contributed by atoms with Gasteiger partial charge < -0.3 is 10.1 Å². The van der Waals surface area contributed by atoms with E-state index in [-0.39, 0.29) is 5.91 Å². The van der Waals surface area contributed by atoms with E-state index in [0.29, 0.717) is 15.7 Å². The maximum absolute atomic E-state index is 11.3. The van der Waals surface area contributed by atoms with Gasteiger partial charge in [0.25, 0.3) is 0 Å². The van der Waals surface area contributed by atoms with Crippen LogP contribution in [0.3, 0.4) is 0 Å². The van der Waals surface area contributed by atoms with E-state index in [2.05, 4.69) is 26.0 Å². The van der Waals surface area contributed by atoms with Crippen LogP contribution < -0.4 is 5.32 Å². The summed E-state index contributed by atoms with van der Waals surface area (Å²) in [5.74, 6) is -0.646. The van der Waals surface area contributed by atoms with E-state index < -0.39 is 5.97 Å². The number of ether oxygens (including phenoxy) is 1. The van der Waals surface area contributed by atoms with Crippen molar-refractivity contribution in [2.24, 2.45) is 0 Å². The number of benzene rings is 1. The normalized spacial score (nSPS) is 9.53. The van der Waals surface area contributed by atoms with Gasteiger partial charge in [0.15, 0.2) is 0 Å². The smallest absolute Gasteiger partial charge is 0.339 e. The fourth-order valence-electron chi connectivity index (χ4n) is 1.09. The van der Waals surface area contributed by atoms with Gasteiger partial charge >= 0.3 is 5.97 Å². The van der Waals surface area contributed by atoms with Gasteiger partial charge in [-0.2, -0.15) is 0 Å². The van der Waals surface area contributed by atoms with E-state index in [9.17, 15) is 9.59 Å². The highest BCUT2D eigenvalue weighted by Gasteiger charge is 2.13. The third kappa shape index (κ3) is 2.79. The number of carbonyl (C=O) groups excluding carboxylic acids is 2. The van der Waals surface area contributed by atoms with Crippen molar-refractivity contribution in [3.8, 4) is 0 Å². The molecular weight excluding hydrogens is 262 g/mol. The van der Waals surface area contributed by atoms with Crippen molar-refractivity contribution >= 4 is 33.5 Å². The van der Waals surface area contributed by atoms with Gasteiger partial charge in [-0.15, -0.1) is 0 Å². The van der Waals surface area contributed by atoms with Crippen LogP contribution in [0.15, 0.2) is 22.7 Å². The Morgan fingerprint density at radius 3 is 2.60 bits per heavy atom. The summed E-state index contributed by atoms with van der Waals surface area (Å²) in [7, 11) is 1.31. The molecule has 0 aliphatic heterocycles. The van der Waals surface area contributed by atoms with Crippen LogP contribution in [-0.2, 0) is 9.53 Å². The maximum atomic E-state index is 11.3. The summed E-state index contributed by atoms with van der Waals surface area (Å²) in [6.07, 6.45) is 0. The Labute approximate surface area is 95.7 Å². The molecule has 0 bridgehead atoms. The zero-order chi connectivity index (χ0) is 11.4. The van der Waals surface area contributed by atoms with E-state index in [4.69, 9.17) is 0 Å². The van der Waals surface area contributed by atoms with E-state index >= 15 is 0 Å². The van der Waals surface area contributed by atoms with Crippen molar-refractivity contribution in [2.75, 3.05) is 12.4 Å². The number of esters is 1. The second-order valence-electron chi connectivity index (χ2n) is 2.84. The molecule has 1 amide bonds. The molecule has 0 saturated heterocycles. The highest BCUT2D eigenvalue weighted by atomic mass is 79.9. The average Bonchev–Trinajstić information content (AvgIpc) is 2.19. The molecule has 1 aromatic rings. The topological polar surface area (TPSA) is 55.4 Å². The minimum atomic E-state index is -0.450. The zero-order valence-electron chi connectivity index (χ0n) is 8.33. The van der Waals surface area contributed by atoms with E-state index in [1.54, 1.807) is 18.2 Å². The first-order chi connectivity index (χ1) is 7.06. The molecule has 0 atom stereocenters. The predicted octanol–water partition coefficient (Wildman–Crippen LogP) is 2.19. The molecule has 0 saturated carbocycles. The zero-order valence-corrected chi connectivity index (χ0v) is 9.92. The molecular formula is C10H10BrNO3. The Kier molecular flexibility index (Phi) is 3.85. The number of hydrogen-bond donors (Lipinski definition) is 1. The van der Waals surface area contributed by atoms with Crippen LogP contribution in [0.4, 0.5) is 5.69 Å². The molecule has 15 heavy (non-hydrogen) atoms. The molecule has 0 fully saturated rings. The van der Waals surface area contributed by atoms with E-state index in [1.165, 1.54) is 14.0 Å². The van der Waals surface area contributed by atoms with Crippen LogP contribution in [0.2, 0.25) is 0 Å². The molecule has 5 heteroatoms. The molecule has 0 heterocycles. The summed E-state index contributed by atoms with van der Waals surface area (Å²) >= 11 is 3.24. The van der Waals surface area contributed by atoms with Gasteiger partial charge in [0.1, 0.15) is 0 Å². The van der Waals surface area contributed by atoms with Crippen molar-refractivity contribution < 1.29 is 14.3 Å². The van der Waals surface area contributed by atoms with Gasteiger partial charge in [0, 0.05) is 6.92 Å². The third-order valence-electron chi connectivity index (χ3n) is 1.71. The first-order valence-electron chi connectivity index (χ1n) is 4.20. The number of anilines is 1. The van der Waals surface area contributed by atoms with Crippen molar-refractivity contribution in [3.63, 3.8) is 0 Å². The lowest BCUT2D eigenvalue weighted by Crippen LogP contribution is -2.09. The number of rotatable bonds is 2. The molecule has 1 rings (SSSR count). The predicted molar refractivity (Wildman–Crippen MR) is 59.8 cm³/mol. The van der Waals surface area contributed by atoms with Crippen LogP contribution in [0.5, 0.6) is 0 Å².